The number of hydrogen-bond acceptors (Lipinski definition) is 3. The number of aromatic amines is 1. The van der Waals surface area contributed by atoms with E-state index in [1.165, 1.54) is 5.56 Å². The summed E-state index contributed by atoms with van der Waals surface area (Å²) in [4.78, 5) is 7.29. The summed E-state index contributed by atoms with van der Waals surface area (Å²) in [5.74, 6) is 5.05. The Bertz CT molecular complexity index is 456. The number of fused-ring (bicyclic) bond motifs is 1. The van der Waals surface area contributed by atoms with Crippen molar-refractivity contribution in [2.75, 3.05) is 0 Å². The number of hydrazone groups is 1. The molecule has 0 atom stereocenters. The SMILES string of the molecule is Cc1c[nH]c2ncc(C=NN)cc12. The largest absolute Gasteiger partial charge is 0.346 e. The highest BCUT2D eigenvalue weighted by molar-refractivity contribution is 5.88. The quantitative estimate of drug-likeness (QED) is 0.387. The number of H-pyrrole nitrogens is 1. The van der Waals surface area contributed by atoms with E-state index < -0.39 is 0 Å². The fourth-order valence-corrected chi connectivity index (χ4v) is 1.31. The Morgan fingerprint density at radius 1 is 1.62 bits per heavy atom. The van der Waals surface area contributed by atoms with E-state index in [0.29, 0.717) is 0 Å². The third-order valence-corrected chi connectivity index (χ3v) is 1.98. The van der Waals surface area contributed by atoms with Crippen molar-refractivity contribution >= 4 is 17.2 Å². The average molecular weight is 174 g/mol. The van der Waals surface area contributed by atoms with Crippen LogP contribution in [0.15, 0.2) is 23.6 Å². The van der Waals surface area contributed by atoms with Crippen LogP contribution in [0, 0.1) is 6.92 Å². The van der Waals surface area contributed by atoms with Gasteiger partial charge in [-0.1, -0.05) is 0 Å². The van der Waals surface area contributed by atoms with Crippen LogP contribution >= 0.6 is 0 Å². The molecular weight excluding hydrogens is 164 g/mol. The highest BCUT2D eigenvalue weighted by Gasteiger charge is 2.00. The molecule has 0 radical (unpaired) electrons. The molecule has 0 spiro atoms. The van der Waals surface area contributed by atoms with Gasteiger partial charge in [-0.2, -0.15) is 5.10 Å². The Kier molecular flexibility index (Phi) is 1.73. The zero-order valence-corrected chi connectivity index (χ0v) is 7.28. The number of nitrogens with one attached hydrogen (secondary N) is 1. The van der Waals surface area contributed by atoms with Crippen LogP contribution < -0.4 is 5.84 Å². The Balaban J connectivity index is 2.65. The van der Waals surface area contributed by atoms with Crippen molar-refractivity contribution in [2.45, 2.75) is 6.92 Å². The van der Waals surface area contributed by atoms with Gasteiger partial charge in [-0.05, 0) is 18.6 Å². The van der Waals surface area contributed by atoms with E-state index in [-0.39, 0.29) is 0 Å². The Morgan fingerprint density at radius 3 is 3.23 bits per heavy atom. The maximum absolute atomic E-state index is 5.05. The van der Waals surface area contributed by atoms with E-state index in [1.807, 2.05) is 19.2 Å². The second-order valence-corrected chi connectivity index (χ2v) is 2.91. The molecular formula is C9H10N4. The highest BCUT2D eigenvalue weighted by atomic mass is 15.1. The number of aryl methyl sites for hydroxylation is 1. The average Bonchev–Trinajstić information content (AvgIpc) is 2.49. The second-order valence-electron chi connectivity index (χ2n) is 2.91. The Labute approximate surface area is 75.5 Å². The number of pyridine rings is 1. The lowest BCUT2D eigenvalue weighted by Crippen LogP contribution is -1.88. The lowest BCUT2D eigenvalue weighted by Gasteiger charge is -1.93. The molecule has 0 aliphatic heterocycles. The van der Waals surface area contributed by atoms with Crippen molar-refractivity contribution in [3.8, 4) is 0 Å². The molecule has 4 heteroatoms. The summed E-state index contributed by atoms with van der Waals surface area (Å²) in [6.45, 7) is 2.03. The van der Waals surface area contributed by atoms with Gasteiger partial charge < -0.3 is 10.8 Å². The highest BCUT2D eigenvalue weighted by Crippen LogP contribution is 2.15. The topological polar surface area (TPSA) is 67.1 Å². The molecule has 66 valence electrons. The number of nitrogens with zero attached hydrogens (tertiary/aromatic N) is 2. The standard InChI is InChI=1S/C9H10N4/c1-6-3-11-9-8(6)2-7(4-12-9)5-13-10/h2-5H,10H2,1H3,(H,11,12). The third-order valence-electron chi connectivity index (χ3n) is 1.98. The maximum Gasteiger partial charge on any atom is 0.137 e. The van der Waals surface area contributed by atoms with Gasteiger partial charge in [-0.15, -0.1) is 0 Å². The first kappa shape index (κ1) is 7.79. The minimum atomic E-state index is 0.895. The van der Waals surface area contributed by atoms with Gasteiger partial charge in [0, 0.05) is 23.3 Å². The molecule has 0 aliphatic carbocycles. The fraction of sp³-hybridized carbons (Fsp3) is 0.111. The van der Waals surface area contributed by atoms with Crippen LogP contribution in [0.2, 0.25) is 0 Å². The van der Waals surface area contributed by atoms with Crippen LogP contribution in [0.25, 0.3) is 11.0 Å². The molecule has 2 aromatic rings. The number of nitrogens with two attached hydrogens (primary N) is 1. The van der Waals surface area contributed by atoms with E-state index in [9.17, 15) is 0 Å². The molecule has 0 fully saturated rings. The maximum atomic E-state index is 5.05. The predicted molar refractivity (Wildman–Crippen MR) is 52.6 cm³/mol. The van der Waals surface area contributed by atoms with Crippen molar-refractivity contribution in [2.24, 2.45) is 10.9 Å². The summed E-state index contributed by atoms with van der Waals surface area (Å²) >= 11 is 0. The predicted octanol–water partition coefficient (Wildman–Crippen LogP) is 1.16. The van der Waals surface area contributed by atoms with Crippen LogP contribution in [-0.4, -0.2) is 16.2 Å². The first-order valence-corrected chi connectivity index (χ1v) is 3.98. The summed E-state index contributed by atoms with van der Waals surface area (Å²) in [6, 6.07) is 2.00. The summed E-state index contributed by atoms with van der Waals surface area (Å²) in [6.07, 6.45) is 5.24. The van der Waals surface area contributed by atoms with Crippen LogP contribution in [-0.2, 0) is 0 Å². The van der Waals surface area contributed by atoms with Crippen LogP contribution in [0.1, 0.15) is 11.1 Å². The fourth-order valence-electron chi connectivity index (χ4n) is 1.31. The number of hydrogen-bond donors (Lipinski definition) is 2. The van der Waals surface area contributed by atoms with Crippen molar-refractivity contribution in [1.29, 1.82) is 0 Å². The first-order chi connectivity index (χ1) is 6.31. The Morgan fingerprint density at radius 2 is 2.46 bits per heavy atom. The van der Waals surface area contributed by atoms with Gasteiger partial charge in [0.05, 0.1) is 6.21 Å². The lowest BCUT2D eigenvalue weighted by atomic mass is 10.2. The number of rotatable bonds is 1. The normalized spacial score (nSPS) is 11.5. The summed E-state index contributed by atoms with van der Waals surface area (Å²) in [5.41, 5.74) is 2.99. The second kappa shape index (κ2) is 2.90. The monoisotopic (exact) mass is 174 g/mol. The molecule has 0 bridgehead atoms. The minimum Gasteiger partial charge on any atom is -0.346 e. The molecule has 0 saturated carbocycles. The molecule has 0 amide bonds. The molecule has 0 unspecified atom stereocenters. The van der Waals surface area contributed by atoms with E-state index in [1.54, 1.807) is 12.4 Å². The van der Waals surface area contributed by atoms with Crippen molar-refractivity contribution < 1.29 is 0 Å². The van der Waals surface area contributed by atoms with Gasteiger partial charge in [0.15, 0.2) is 0 Å². The van der Waals surface area contributed by atoms with Gasteiger partial charge in [0.1, 0.15) is 5.65 Å². The summed E-state index contributed by atoms with van der Waals surface area (Å²) in [7, 11) is 0. The summed E-state index contributed by atoms with van der Waals surface area (Å²) in [5, 5.41) is 4.56. The van der Waals surface area contributed by atoms with Gasteiger partial charge >= 0.3 is 0 Å². The molecule has 2 aromatic heterocycles. The smallest absolute Gasteiger partial charge is 0.137 e. The van der Waals surface area contributed by atoms with Crippen molar-refractivity contribution in [3.05, 3.63) is 29.6 Å². The molecule has 2 heterocycles. The van der Waals surface area contributed by atoms with Gasteiger partial charge in [0.2, 0.25) is 0 Å². The van der Waals surface area contributed by atoms with E-state index in [0.717, 1.165) is 16.6 Å². The zero-order chi connectivity index (χ0) is 9.26. The van der Waals surface area contributed by atoms with Crippen molar-refractivity contribution in [3.63, 3.8) is 0 Å². The first-order valence-electron chi connectivity index (χ1n) is 3.98. The molecule has 3 N–H and O–H groups in total. The van der Waals surface area contributed by atoms with Crippen LogP contribution in [0.5, 0.6) is 0 Å². The molecule has 0 aromatic carbocycles. The molecule has 0 saturated heterocycles. The van der Waals surface area contributed by atoms with Crippen LogP contribution in [0.3, 0.4) is 0 Å². The Hall–Kier alpha value is -1.84. The zero-order valence-electron chi connectivity index (χ0n) is 7.28. The van der Waals surface area contributed by atoms with Gasteiger partial charge in [0.25, 0.3) is 0 Å². The molecule has 4 nitrogen and oxygen atoms in total. The third kappa shape index (κ3) is 1.26. The van der Waals surface area contributed by atoms with Crippen molar-refractivity contribution in [1.82, 2.24) is 9.97 Å². The minimum absolute atomic E-state index is 0.895. The van der Waals surface area contributed by atoms with Gasteiger partial charge in [-0.25, -0.2) is 4.98 Å². The van der Waals surface area contributed by atoms with E-state index >= 15 is 0 Å². The molecule has 2 rings (SSSR count). The molecule has 0 aliphatic rings. The van der Waals surface area contributed by atoms with E-state index in [2.05, 4.69) is 15.1 Å². The van der Waals surface area contributed by atoms with E-state index in [4.69, 9.17) is 5.84 Å². The summed E-state index contributed by atoms with van der Waals surface area (Å²) < 4.78 is 0. The van der Waals surface area contributed by atoms with Crippen LogP contribution in [0.4, 0.5) is 0 Å². The van der Waals surface area contributed by atoms with Gasteiger partial charge in [-0.3, -0.25) is 0 Å². The molecule has 13 heavy (non-hydrogen) atoms. The number of aromatic nitrogens is 2. The lowest BCUT2D eigenvalue weighted by molar-refractivity contribution is 1.26.